The minimum absolute atomic E-state index is 0.0806. The lowest BCUT2D eigenvalue weighted by Gasteiger charge is -2.19. The van der Waals surface area contributed by atoms with E-state index in [0.29, 0.717) is 29.2 Å². The first-order valence-electron chi connectivity index (χ1n) is 7.22. The van der Waals surface area contributed by atoms with Gasteiger partial charge in [-0.2, -0.15) is 0 Å². The van der Waals surface area contributed by atoms with Crippen LogP contribution in [0.3, 0.4) is 0 Å². The summed E-state index contributed by atoms with van der Waals surface area (Å²) in [5.74, 6) is -0.319. The van der Waals surface area contributed by atoms with Gasteiger partial charge in [-0.25, -0.2) is 13.4 Å². The number of benzene rings is 1. The number of imidazole rings is 1. The van der Waals surface area contributed by atoms with E-state index < -0.39 is 15.1 Å². The molecule has 1 atom stereocenters. The summed E-state index contributed by atoms with van der Waals surface area (Å²) in [5.41, 5.74) is 0.962. The van der Waals surface area contributed by atoms with Crippen molar-refractivity contribution in [3.8, 4) is 0 Å². The van der Waals surface area contributed by atoms with E-state index in [2.05, 4.69) is 9.97 Å². The lowest BCUT2D eigenvalue weighted by atomic mass is 10.1. The summed E-state index contributed by atoms with van der Waals surface area (Å²) >= 11 is 6.16. The standard InChI is InChI=1S/C15H16ClN3O3S/c16-12-4-2-1-3-11(12)14-5-6-19(7-8-23(14,21)22)15(20)13-9-17-10-18-13/h1-4,9-10,14H,5-8H2,(H,17,18)/t14-/m0/s1. The van der Waals surface area contributed by atoms with E-state index in [1.54, 1.807) is 29.2 Å². The van der Waals surface area contributed by atoms with Crippen LogP contribution in [0.1, 0.15) is 27.7 Å². The second-order valence-corrected chi connectivity index (χ2v) is 8.13. The topological polar surface area (TPSA) is 83.1 Å². The van der Waals surface area contributed by atoms with Gasteiger partial charge in [0, 0.05) is 18.1 Å². The number of sulfone groups is 1. The number of carbonyl (C=O) groups is 1. The molecule has 1 aliphatic rings. The van der Waals surface area contributed by atoms with Gasteiger partial charge in [0.1, 0.15) is 5.69 Å². The first kappa shape index (κ1) is 16.0. The molecular formula is C15H16ClN3O3S. The summed E-state index contributed by atoms with van der Waals surface area (Å²) < 4.78 is 25.2. The maximum absolute atomic E-state index is 12.6. The molecule has 1 saturated heterocycles. The van der Waals surface area contributed by atoms with E-state index in [4.69, 9.17) is 11.6 Å². The Morgan fingerprint density at radius 3 is 2.78 bits per heavy atom. The van der Waals surface area contributed by atoms with Crippen LogP contribution in [0.2, 0.25) is 5.02 Å². The van der Waals surface area contributed by atoms with E-state index in [0.717, 1.165) is 0 Å². The third-order valence-electron chi connectivity index (χ3n) is 4.01. The third-order valence-corrected chi connectivity index (χ3v) is 6.46. The van der Waals surface area contributed by atoms with E-state index in [-0.39, 0.29) is 18.2 Å². The molecule has 2 aromatic rings. The van der Waals surface area contributed by atoms with Crippen molar-refractivity contribution in [1.29, 1.82) is 0 Å². The number of aromatic nitrogens is 2. The van der Waals surface area contributed by atoms with Crippen LogP contribution < -0.4 is 0 Å². The number of hydrogen-bond donors (Lipinski definition) is 1. The highest BCUT2D eigenvalue weighted by Gasteiger charge is 2.34. The monoisotopic (exact) mass is 353 g/mol. The molecule has 0 spiro atoms. The van der Waals surface area contributed by atoms with Crippen molar-refractivity contribution in [2.75, 3.05) is 18.8 Å². The molecule has 3 rings (SSSR count). The van der Waals surface area contributed by atoms with Crippen LogP contribution in [0, 0.1) is 0 Å². The molecular weight excluding hydrogens is 338 g/mol. The van der Waals surface area contributed by atoms with Crippen molar-refractivity contribution in [3.63, 3.8) is 0 Å². The van der Waals surface area contributed by atoms with E-state index >= 15 is 0 Å². The van der Waals surface area contributed by atoms with Gasteiger partial charge in [-0.05, 0) is 18.1 Å². The van der Waals surface area contributed by atoms with Crippen LogP contribution in [-0.4, -0.2) is 48.0 Å². The fourth-order valence-corrected chi connectivity index (χ4v) is 4.92. The summed E-state index contributed by atoms with van der Waals surface area (Å²) in [4.78, 5) is 20.5. The Bertz CT molecular complexity index is 805. The number of nitrogens with one attached hydrogen (secondary N) is 1. The molecule has 1 aromatic carbocycles. The van der Waals surface area contributed by atoms with Gasteiger partial charge in [-0.3, -0.25) is 4.79 Å². The first-order chi connectivity index (χ1) is 11.0. The summed E-state index contributed by atoms with van der Waals surface area (Å²) in [5, 5.41) is -0.245. The number of nitrogens with zero attached hydrogens (tertiary/aromatic N) is 2. The van der Waals surface area contributed by atoms with Gasteiger partial charge < -0.3 is 9.88 Å². The SMILES string of the molecule is O=C(c1cnc[nH]1)N1CC[C@@H](c2ccccc2Cl)S(=O)(=O)CC1. The van der Waals surface area contributed by atoms with Crippen molar-refractivity contribution in [2.45, 2.75) is 11.7 Å². The lowest BCUT2D eigenvalue weighted by molar-refractivity contribution is 0.0761. The highest BCUT2D eigenvalue weighted by molar-refractivity contribution is 7.91. The molecule has 2 heterocycles. The maximum atomic E-state index is 12.6. The van der Waals surface area contributed by atoms with E-state index in [1.165, 1.54) is 12.5 Å². The van der Waals surface area contributed by atoms with Crippen molar-refractivity contribution in [1.82, 2.24) is 14.9 Å². The van der Waals surface area contributed by atoms with Crippen molar-refractivity contribution in [3.05, 3.63) is 53.1 Å². The molecule has 0 unspecified atom stereocenters. The van der Waals surface area contributed by atoms with Gasteiger partial charge in [-0.1, -0.05) is 29.8 Å². The predicted molar refractivity (Wildman–Crippen MR) is 87.1 cm³/mol. The van der Waals surface area contributed by atoms with Crippen LogP contribution in [0.25, 0.3) is 0 Å². The number of H-pyrrole nitrogens is 1. The summed E-state index contributed by atoms with van der Waals surface area (Å²) in [6, 6.07) is 6.96. The molecule has 0 radical (unpaired) electrons. The first-order valence-corrected chi connectivity index (χ1v) is 9.32. The zero-order valence-electron chi connectivity index (χ0n) is 12.3. The molecule has 0 bridgehead atoms. The maximum Gasteiger partial charge on any atom is 0.271 e. The minimum Gasteiger partial charge on any atom is -0.341 e. The van der Waals surface area contributed by atoms with Gasteiger partial charge in [0.25, 0.3) is 5.91 Å². The second kappa shape index (κ2) is 6.33. The van der Waals surface area contributed by atoms with E-state index in [1.807, 2.05) is 0 Å². The molecule has 6 nitrogen and oxygen atoms in total. The smallest absolute Gasteiger partial charge is 0.271 e. The normalized spacial score (nSPS) is 20.9. The van der Waals surface area contributed by atoms with Crippen molar-refractivity contribution in [2.24, 2.45) is 0 Å². The number of aromatic amines is 1. The largest absolute Gasteiger partial charge is 0.341 e. The summed E-state index contributed by atoms with van der Waals surface area (Å²) in [6.45, 7) is 0.522. The summed E-state index contributed by atoms with van der Waals surface area (Å²) in [7, 11) is -3.37. The Kier molecular flexibility index (Phi) is 4.41. The molecule has 1 amide bonds. The lowest BCUT2D eigenvalue weighted by Crippen LogP contribution is -2.33. The zero-order valence-corrected chi connectivity index (χ0v) is 13.8. The van der Waals surface area contributed by atoms with Crippen LogP contribution in [-0.2, 0) is 9.84 Å². The van der Waals surface area contributed by atoms with Gasteiger partial charge in [0.2, 0.25) is 0 Å². The number of rotatable bonds is 2. The fraction of sp³-hybridized carbons (Fsp3) is 0.333. The van der Waals surface area contributed by atoms with Gasteiger partial charge in [0.15, 0.2) is 9.84 Å². The quantitative estimate of drug-likeness (QED) is 0.895. The molecule has 1 fully saturated rings. The third kappa shape index (κ3) is 3.25. The van der Waals surface area contributed by atoms with Gasteiger partial charge in [0.05, 0.1) is 23.5 Å². The molecule has 122 valence electrons. The average Bonchev–Trinajstić information content (AvgIpc) is 3.00. The van der Waals surface area contributed by atoms with Crippen LogP contribution in [0.4, 0.5) is 0 Å². The summed E-state index contributed by atoms with van der Waals surface area (Å²) in [6.07, 6.45) is 3.19. The van der Waals surface area contributed by atoms with Crippen molar-refractivity contribution < 1.29 is 13.2 Å². The number of hydrogen-bond acceptors (Lipinski definition) is 4. The molecule has 23 heavy (non-hydrogen) atoms. The molecule has 0 saturated carbocycles. The Morgan fingerprint density at radius 1 is 1.30 bits per heavy atom. The molecule has 1 aliphatic heterocycles. The van der Waals surface area contributed by atoms with E-state index in [9.17, 15) is 13.2 Å². The minimum atomic E-state index is -3.37. The molecule has 8 heteroatoms. The van der Waals surface area contributed by atoms with Gasteiger partial charge >= 0.3 is 0 Å². The molecule has 1 aromatic heterocycles. The second-order valence-electron chi connectivity index (χ2n) is 5.42. The Balaban J connectivity index is 1.86. The number of amides is 1. The van der Waals surface area contributed by atoms with Crippen LogP contribution >= 0.6 is 11.6 Å². The number of carbonyl (C=O) groups excluding carboxylic acids is 1. The average molecular weight is 354 g/mol. The predicted octanol–water partition coefficient (Wildman–Crippen LogP) is 2.07. The van der Waals surface area contributed by atoms with Crippen LogP contribution in [0.15, 0.2) is 36.8 Å². The Morgan fingerprint density at radius 2 is 2.09 bits per heavy atom. The van der Waals surface area contributed by atoms with Crippen LogP contribution in [0.5, 0.6) is 0 Å². The Labute approximate surface area is 139 Å². The molecule has 1 N–H and O–H groups in total. The number of halogens is 1. The van der Waals surface area contributed by atoms with Gasteiger partial charge in [-0.15, -0.1) is 0 Å². The van der Waals surface area contributed by atoms with Crippen molar-refractivity contribution >= 4 is 27.3 Å². The highest BCUT2D eigenvalue weighted by atomic mass is 35.5. The fourth-order valence-electron chi connectivity index (χ4n) is 2.78. The molecule has 0 aliphatic carbocycles. The highest BCUT2D eigenvalue weighted by Crippen LogP contribution is 2.33. The zero-order chi connectivity index (χ0) is 16.4. The Hall–Kier alpha value is -1.86.